The smallest absolute Gasteiger partial charge is 0.150 e. The molecular formula is C12H12F2N2O. The lowest BCUT2D eigenvalue weighted by atomic mass is 10.1. The Balaban J connectivity index is 3.06. The lowest BCUT2D eigenvalue weighted by Gasteiger charge is -2.21. The summed E-state index contributed by atoms with van der Waals surface area (Å²) in [5.74, 6) is -1.95. The van der Waals surface area contributed by atoms with E-state index in [1.54, 1.807) is 6.92 Å². The molecular weight excluding hydrogens is 226 g/mol. The van der Waals surface area contributed by atoms with Crippen LogP contribution in [0.15, 0.2) is 12.1 Å². The van der Waals surface area contributed by atoms with Gasteiger partial charge in [0.15, 0.2) is 0 Å². The molecule has 1 aromatic rings. The van der Waals surface area contributed by atoms with Crippen molar-refractivity contribution in [1.82, 2.24) is 0 Å². The van der Waals surface area contributed by atoms with E-state index in [9.17, 15) is 13.6 Å². The molecule has 1 atom stereocenters. The highest BCUT2D eigenvalue weighted by Gasteiger charge is 2.16. The van der Waals surface area contributed by atoms with Crippen molar-refractivity contribution in [2.24, 2.45) is 5.92 Å². The van der Waals surface area contributed by atoms with E-state index < -0.39 is 11.6 Å². The summed E-state index contributed by atoms with van der Waals surface area (Å²) >= 11 is 0. The zero-order valence-corrected chi connectivity index (χ0v) is 9.58. The zero-order chi connectivity index (χ0) is 13.0. The maximum atomic E-state index is 13.6. The van der Waals surface area contributed by atoms with Crippen LogP contribution in [0.4, 0.5) is 14.5 Å². The van der Waals surface area contributed by atoms with Crippen LogP contribution in [0.1, 0.15) is 17.3 Å². The minimum absolute atomic E-state index is 0.0505. The van der Waals surface area contributed by atoms with Crippen LogP contribution in [-0.4, -0.2) is 19.9 Å². The van der Waals surface area contributed by atoms with Crippen molar-refractivity contribution in [1.29, 1.82) is 5.26 Å². The summed E-state index contributed by atoms with van der Waals surface area (Å²) in [6.07, 6.45) is 0.383. The van der Waals surface area contributed by atoms with Gasteiger partial charge < -0.3 is 4.90 Å². The summed E-state index contributed by atoms with van der Waals surface area (Å²) in [5.41, 5.74) is -0.275. The van der Waals surface area contributed by atoms with Crippen molar-refractivity contribution < 1.29 is 13.6 Å². The quantitative estimate of drug-likeness (QED) is 0.756. The second-order valence-corrected chi connectivity index (χ2v) is 3.86. The molecule has 0 saturated heterocycles. The molecule has 0 N–H and O–H groups in total. The van der Waals surface area contributed by atoms with Gasteiger partial charge in [-0.15, -0.1) is 0 Å². The molecule has 1 aromatic carbocycles. The van der Waals surface area contributed by atoms with Gasteiger partial charge in [-0.05, 0) is 19.1 Å². The summed E-state index contributed by atoms with van der Waals surface area (Å²) in [4.78, 5) is 11.8. The first-order chi connectivity index (χ1) is 7.99. The molecule has 0 fully saturated rings. The number of rotatable bonds is 4. The average molecular weight is 238 g/mol. The first-order valence-corrected chi connectivity index (χ1v) is 5.04. The van der Waals surface area contributed by atoms with E-state index in [4.69, 9.17) is 5.26 Å². The third-order valence-corrected chi connectivity index (χ3v) is 2.33. The van der Waals surface area contributed by atoms with Crippen molar-refractivity contribution in [3.63, 3.8) is 0 Å². The second-order valence-electron chi connectivity index (χ2n) is 3.86. The van der Waals surface area contributed by atoms with Crippen molar-refractivity contribution in [2.75, 3.05) is 18.5 Å². The molecule has 0 aliphatic heterocycles. The fraction of sp³-hybridized carbons (Fsp3) is 0.333. The van der Waals surface area contributed by atoms with E-state index in [0.717, 1.165) is 12.1 Å². The molecule has 0 saturated carbocycles. The van der Waals surface area contributed by atoms with Crippen LogP contribution in [-0.2, 0) is 0 Å². The van der Waals surface area contributed by atoms with Crippen LogP contribution in [0.3, 0.4) is 0 Å². The van der Waals surface area contributed by atoms with Gasteiger partial charge in [0.1, 0.15) is 23.6 Å². The van der Waals surface area contributed by atoms with E-state index in [1.165, 1.54) is 11.9 Å². The lowest BCUT2D eigenvalue weighted by molar-refractivity contribution is 0.112. The highest BCUT2D eigenvalue weighted by Crippen LogP contribution is 2.24. The number of hydrogen-bond donors (Lipinski definition) is 0. The van der Waals surface area contributed by atoms with Gasteiger partial charge in [0.25, 0.3) is 0 Å². The van der Waals surface area contributed by atoms with Gasteiger partial charge in [0.05, 0.1) is 12.0 Å². The number of aldehydes is 1. The number of anilines is 1. The van der Waals surface area contributed by atoms with E-state index >= 15 is 0 Å². The maximum Gasteiger partial charge on any atom is 0.150 e. The molecule has 0 aromatic heterocycles. The molecule has 3 nitrogen and oxygen atoms in total. The molecule has 0 radical (unpaired) electrons. The molecule has 17 heavy (non-hydrogen) atoms. The van der Waals surface area contributed by atoms with Crippen molar-refractivity contribution >= 4 is 12.0 Å². The topological polar surface area (TPSA) is 44.1 Å². The summed E-state index contributed by atoms with van der Waals surface area (Å²) in [6.45, 7) is 1.87. The SMILES string of the molecule is CC(C#N)CN(C)c1c(F)cc(C=O)cc1F. The molecule has 0 heterocycles. The number of benzene rings is 1. The predicted molar refractivity (Wildman–Crippen MR) is 59.8 cm³/mol. The number of nitriles is 1. The Morgan fingerprint density at radius 2 is 2.00 bits per heavy atom. The number of nitrogens with zero attached hydrogens (tertiary/aromatic N) is 2. The van der Waals surface area contributed by atoms with Crippen LogP contribution in [0, 0.1) is 28.9 Å². The van der Waals surface area contributed by atoms with Crippen LogP contribution in [0.2, 0.25) is 0 Å². The number of hydrogen-bond acceptors (Lipinski definition) is 3. The Hall–Kier alpha value is -1.96. The first-order valence-electron chi connectivity index (χ1n) is 5.04. The summed E-state index contributed by atoms with van der Waals surface area (Å²) < 4.78 is 27.2. The fourth-order valence-electron chi connectivity index (χ4n) is 1.56. The minimum Gasteiger partial charge on any atom is -0.369 e. The molecule has 0 aliphatic carbocycles. The molecule has 0 bridgehead atoms. The van der Waals surface area contributed by atoms with Crippen molar-refractivity contribution in [3.05, 3.63) is 29.3 Å². The average Bonchev–Trinajstić information content (AvgIpc) is 2.27. The van der Waals surface area contributed by atoms with Gasteiger partial charge in [0.2, 0.25) is 0 Å². The Bertz CT molecular complexity index is 445. The van der Waals surface area contributed by atoms with Gasteiger partial charge in [-0.3, -0.25) is 4.79 Å². The Kier molecular flexibility index (Phi) is 4.16. The lowest BCUT2D eigenvalue weighted by Crippen LogP contribution is -2.25. The van der Waals surface area contributed by atoms with Gasteiger partial charge in [-0.1, -0.05) is 0 Å². The van der Waals surface area contributed by atoms with Gasteiger partial charge in [0, 0.05) is 19.2 Å². The molecule has 0 amide bonds. The molecule has 1 rings (SSSR count). The van der Waals surface area contributed by atoms with Gasteiger partial charge in [-0.2, -0.15) is 5.26 Å². The van der Waals surface area contributed by atoms with Crippen LogP contribution in [0.25, 0.3) is 0 Å². The minimum atomic E-state index is -0.806. The Morgan fingerprint density at radius 3 is 2.41 bits per heavy atom. The largest absolute Gasteiger partial charge is 0.369 e. The highest BCUT2D eigenvalue weighted by molar-refractivity contribution is 5.76. The molecule has 1 unspecified atom stereocenters. The zero-order valence-electron chi connectivity index (χ0n) is 9.58. The third kappa shape index (κ3) is 3.00. The highest BCUT2D eigenvalue weighted by atomic mass is 19.1. The van der Waals surface area contributed by atoms with Crippen molar-refractivity contribution in [2.45, 2.75) is 6.92 Å². The normalized spacial score (nSPS) is 11.7. The number of halogens is 2. The van der Waals surface area contributed by atoms with E-state index in [0.29, 0.717) is 6.29 Å². The van der Waals surface area contributed by atoms with E-state index in [-0.39, 0.29) is 23.7 Å². The van der Waals surface area contributed by atoms with Crippen molar-refractivity contribution in [3.8, 4) is 6.07 Å². The fourth-order valence-corrected chi connectivity index (χ4v) is 1.56. The maximum absolute atomic E-state index is 13.6. The van der Waals surface area contributed by atoms with Crippen LogP contribution in [0.5, 0.6) is 0 Å². The van der Waals surface area contributed by atoms with Crippen LogP contribution < -0.4 is 4.90 Å². The van der Waals surface area contributed by atoms with Gasteiger partial charge >= 0.3 is 0 Å². The predicted octanol–water partition coefficient (Wildman–Crippen LogP) is 2.37. The van der Waals surface area contributed by atoms with E-state index in [2.05, 4.69) is 0 Å². The number of carbonyl (C=O) groups excluding carboxylic acids is 1. The first kappa shape index (κ1) is 13.1. The third-order valence-electron chi connectivity index (χ3n) is 2.33. The summed E-state index contributed by atoms with van der Waals surface area (Å²) in [6, 6.07) is 3.93. The monoisotopic (exact) mass is 238 g/mol. The molecule has 0 aliphatic rings. The standard InChI is InChI=1S/C12H12F2N2O/c1-8(5-15)6-16(2)12-10(13)3-9(7-17)4-11(12)14/h3-4,7-8H,6H2,1-2H3. The molecule has 90 valence electrons. The summed E-state index contributed by atoms with van der Waals surface area (Å²) in [7, 11) is 1.50. The Morgan fingerprint density at radius 1 is 1.47 bits per heavy atom. The van der Waals surface area contributed by atoms with E-state index in [1.807, 2.05) is 6.07 Å². The Labute approximate surface area is 98.3 Å². The molecule has 5 heteroatoms. The van der Waals surface area contributed by atoms with Crippen LogP contribution >= 0.6 is 0 Å². The summed E-state index contributed by atoms with van der Waals surface area (Å²) in [5, 5.41) is 8.64. The number of carbonyl (C=O) groups is 1. The molecule has 0 spiro atoms. The second kappa shape index (κ2) is 5.39. The van der Waals surface area contributed by atoms with Gasteiger partial charge in [-0.25, -0.2) is 8.78 Å².